The van der Waals surface area contributed by atoms with Gasteiger partial charge in [0.05, 0.1) is 23.8 Å². The van der Waals surface area contributed by atoms with E-state index in [1.54, 1.807) is 12.1 Å². The maximum atomic E-state index is 11.4. The van der Waals surface area contributed by atoms with Crippen molar-refractivity contribution in [2.45, 2.75) is 39.5 Å². The fourth-order valence-corrected chi connectivity index (χ4v) is 2.05. The van der Waals surface area contributed by atoms with Crippen LogP contribution in [0.1, 0.15) is 47.8 Å². The summed E-state index contributed by atoms with van der Waals surface area (Å²) in [5, 5.41) is 28.5. The minimum Gasteiger partial charge on any atom is -0.478 e. The Bertz CT molecular complexity index is 850. The van der Waals surface area contributed by atoms with Crippen LogP contribution in [0, 0.1) is 11.3 Å². The van der Waals surface area contributed by atoms with Crippen molar-refractivity contribution in [2.24, 2.45) is 0 Å². The number of rotatable bonds is 4. The molecule has 0 radical (unpaired) electrons. The third-order valence-corrected chi connectivity index (χ3v) is 3.25. The molecular formula is C21H24N2O5. The molecule has 2 aromatic rings. The lowest BCUT2D eigenvalue weighted by molar-refractivity contribution is 0.0523. The first-order valence-electron chi connectivity index (χ1n) is 8.53. The molecule has 0 aromatic heterocycles. The lowest BCUT2D eigenvalue weighted by atomic mass is 10.1. The maximum Gasteiger partial charge on any atom is 0.407 e. The molecule has 0 aliphatic rings. The normalized spacial score (nSPS) is 10.1. The molecule has 148 valence electrons. The van der Waals surface area contributed by atoms with Gasteiger partial charge < -0.3 is 20.3 Å². The number of amides is 1. The highest BCUT2D eigenvalue weighted by Crippen LogP contribution is 2.08. The van der Waals surface area contributed by atoms with Crippen molar-refractivity contribution in [1.82, 2.24) is 5.32 Å². The van der Waals surface area contributed by atoms with Crippen molar-refractivity contribution in [2.75, 3.05) is 0 Å². The summed E-state index contributed by atoms with van der Waals surface area (Å²) in [4.78, 5) is 21.8. The Balaban J connectivity index is 0.000000307. The second kappa shape index (κ2) is 10.7. The Morgan fingerprint density at radius 1 is 1.11 bits per heavy atom. The minimum absolute atomic E-state index is 0.000275. The van der Waals surface area contributed by atoms with Crippen LogP contribution in [0.2, 0.25) is 0 Å². The van der Waals surface area contributed by atoms with Crippen LogP contribution in [0.25, 0.3) is 0 Å². The summed E-state index contributed by atoms with van der Waals surface area (Å²) in [7, 11) is 0. The van der Waals surface area contributed by atoms with Crippen LogP contribution in [-0.4, -0.2) is 27.9 Å². The highest BCUT2D eigenvalue weighted by atomic mass is 16.6. The Morgan fingerprint density at radius 3 is 2.32 bits per heavy atom. The number of ether oxygens (including phenoxy) is 1. The number of carbonyl (C=O) groups is 2. The third-order valence-electron chi connectivity index (χ3n) is 3.25. The number of nitrogens with one attached hydrogen (secondary N) is 1. The van der Waals surface area contributed by atoms with E-state index in [-0.39, 0.29) is 12.2 Å². The van der Waals surface area contributed by atoms with Gasteiger partial charge >= 0.3 is 12.1 Å². The monoisotopic (exact) mass is 384 g/mol. The molecule has 1 amide bonds. The molecule has 0 unspecified atom stereocenters. The zero-order valence-electron chi connectivity index (χ0n) is 16.1. The van der Waals surface area contributed by atoms with Crippen molar-refractivity contribution in [1.29, 1.82) is 5.26 Å². The lowest BCUT2D eigenvalue weighted by Crippen LogP contribution is -2.32. The minimum atomic E-state index is -1.01. The lowest BCUT2D eigenvalue weighted by Gasteiger charge is -2.19. The number of aliphatic hydroxyl groups is 1. The SMILES string of the molecule is CC(C)(C)OC(=O)NCc1cccc(CO)c1.N#Cc1cccc(C(=O)O)c1. The summed E-state index contributed by atoms with van der Waals surface area (Å²) in [6, 6.07) is 15.2. The average Bonchev–Trinajstić information content (AvgIpc) is 2.65. The highest BCUT2D eigenvalue weighted by Gasteiger charge is 2.15. The van der Waals surface area contributed by atoms with E-state index in [1.807, 2.05) is 51.1 Å². The number of carboxylic acid groups (broad SMARTS) is 1. The molecule has 0 bridgehead atoms. The maximum absolute atomic E-state index is 11.4. The number of aromatic carboxylic acids is 1. The number of carboxylic acids is 1. The molecule has 0 atom stereocenters. The average molecular weight is 384 g/mol. The predicted octanol–water partition coefficient (Wildman–Crippen LogP) is 3.46. The molecule has 28 heavy (non-hydrogen) atoms. The number of nitrogens with zero attached hydrogens (tertiary/aromatic N) is 1. The van der Waals surface area contributed by atoms with Gasteiger partial charge in [0.25, 0.3) is 0 Å². The Hall–Kier alpha value is -3.37. The van der Waals surface area contributed by atoms with Crippen molar-refractivity contribution in [3.8, 4) is 6.07 Å². The predicted molar refractivity (Wildman–Crippen MR) is 104 cm³/mol. The largest absolute Gasteiger partial charge is 0.478 e. The molecule has 3 N–H and O–H groups in total. The van der Waals surface area contributed by atoms with Crippen molar-refractivity contribution in [3.05, 3.63) is 70.8 Å². The van der Waals surface area contributed by atoms with E-state index in [0.29, 0.717) is 12.1 Å². The van der Waals surface area contributed by atoms with Gasteiger partial charge in [0, 0.05) is 6.54 Å². The Kier molecular flexibility index (Phi) is 8.66. The van der Waals surface area contributed by atoms with Crippen LogP contribution in [0.3, 0.4) is 0 Å². The summed E-state index contributed by atoms with van der Waals surface area (Å²) in [6.07, 6.45) is -0.438. The van der Waals surface area contributed by atoms with Gasteiger partial charge in [-0.15, -0.1) is 0 Å². The smallest absolute Gasteiger partial charge is 0.407 e. The van der Waals surface area contributed by atoms with Gasteiger partial charge in [-0.3, -0.25) is 0 Å². The molecule has 0 aliphatic carbocycles. The van der Waals surface area contributed by atoms with Gasteiger partial charge in [-0.1, -0.05) is 30.3 Å². The molecule has 0 fully saturated rings. The van der Waals surface area contributed by atoms with Crippen molar-refractivity contribution >= 4 is 12.1 Å². The second-order valence-corrected chi connectivity index (χ2v) is 6.83. The molecular weight excluding hydrogens is 360 g/mol. The first kappa shape index (κ1) is 22.7. The molecule has 0 spiro atoms. The van der Waals surface area contributed by atoms with E-state index in [4.69, 9.17) is 20.2 Å². The first-order valence-corrected chi connectivity index (χ1v) is 8.53. The van der Waals surface area contributed by atoms with Crippen molar-refractivity contribution < 1.29 is 24.5 Å². The van der Waals surface area contributed by atoms with Crippen LogP contribution in [0.5, 0.6) is 0 Å². The quantitative estimate of drug-likeness (QED) is 0.742. The highest BCUT2D eigenvalue weighted by molar-refractivity contribution is 5.87. The van der Waals surface area contributed by atoms with Crippen LogP contribution in [0.4, 0.5) is 4.79 Å². The fraction of sp³-hybridized carbons (Fsp3) is 0.286. The molecule has 2 aromatic carbocycles. The molecule has 7 nitrogen and oxygen atoms in total. The van der Waals surface area contributed by atoms with Gasteiger partial charge in [-0.05, 0) is 50.1 Å². The summed E-state index contributed by atoms with van der Waals surface area (Å²) in [5.74, 6) is -1.01. The van der Waals surface area contributed by atoms with Crippen molar-refractivity contribution in [3.63, 3.8) is 0 Å². The number of benzene rings is 2. The summed E-state index contributed by atoms with van der Waals surface area (Å²) < 4.78 is 5.12. The molecule has 0 aliphatic heterocycles. The number of carbonyl (C=O) groups excluding carboxylic acids is 1. The molecule has 0 saturated carbocycles. The van der Waals surface area contributed by atoms with E-state index >= 15 is 0 Å². The number of alkyl carbamates (subject to hydrolysis) is 1. The van der Waals surface area contributed by atoms with Gasteiger partial charge in [-0.25, -0.2) is 9.59 Å². The Labute approximate surface area is 164 Å². The fourth-order valence-electron chi connectivity index (χ4n) is 2.05. The summed E-state index contributed by atoms with van der Waals surface area (Å²) >= 11 is 0. The number of hydrogen-bond donors (Lipinski definition) is 3. The van der Waals surface area contributed by atoms with Crippen LogP contribution in [0.15, 0.2) is 48.5 Å². The van der Waals surface area contributed by atoms with E-state index in [0.717, 1.165) is 11.1 Å². The Morgan fingerprint density at radius 2 is 1.75 bits per heavy atom. The zero-order chi connectivity index (χ0) is 21.2. The standard InChI is InChI=1S/C13H19NO3.C8H5NO2/c1-13(2,3)17-12(16)14-8-10-5-4-6-11(7-10)9-15;9-5-6-2-1-3-7(4-6)8(10)11/h4-7,15H,8-9H2,1-3H3,(H,14,16);1-4H,(H,10,11). The van der Waals surface area contributed by atoms with E-state index in [2.05, 4.69) is 5.32 Å². The van der Waals surface area contributed by atoms with Gasteiger partial charge in [0.15, 0.2) is 0 Å². The first-order chi connectivity index (χ1) is 13.1. The van der Waals surface area contributed by atoms with E-state index in [1.165, 1.54) is 12.1 Å². The third kappa shape index (κ3) is 8.83. The van der Waals surface area contributed by atoms with Crippen LogP contribution >= 0.6 is 0 Å². The summed E-state index contributed by atoms with van der Waals surface area (Å²) in [5.41, 5.74) is 1.78. The van der Waals surface area contributed by atoms with Gasteiger partial charge in [-0.2, -0.15) is 5.26 Å². The second-order valence-electron chi connectivity index (χ2n) is 6.83. The number of hydrogen-bond acceptors (Lipinski definition) is 5. The number of nitriles is 1. The molecule has 7 heteroatoms. The van der Waals surface area contributed by atoms with E-state index in [9.17, 15) is 9.59 Å². The van der Waals surface area contributed by atoms with Gasteiger partial charge in [0.1, 0.15) is 5.60 Å². The molecule has 0 saturated heterocycles. The van der Waals surface area contributed by atoms with Crippen LogP contribution in [-0.2, 0) is 17.9 Å². The molecule has 2 rings (SSSR count). The van der Waals surface area contributed by atoms with E-state index < -0.39 is 17.7 Å². The zero-order valence-corrected chi connectivity index (χ0v) is 16.1. The topological polar surface area (TPSA) is 120 Å². The van der Waals surface area contributed by atoms with Crippen LogP contribution < -0.4 is 5.32 Å². The molecule has 0 heterocycles. The number of aliphatic hydroxyl groups excluding tert-OH is 1. The summed E-state index contributed by atoms with van der Waals surface area (Å²) in [6.45, 7) is 5.85. The van der Waals surface area contributed by atoms with Gasteiger partial charge in [0.2, 0.25) is 0 Å².